The number of hydrogen-bond donors (Lipinski definition) is 2. The average Bonchev–Trinajstić information content (AvgIpc) is 2.75. The van der Waals surface area contributed by atoms with E-state index < -0.39 is 27.8 Å². The number of carbonyl (C=O) groups excluding carboxylic acids is 1. The molecule has 2 aromatic carbocycles. The van der Waals surface area contributed by atoms with E-state index in [2.05, 4.69) is 4.72 Å². The van der Waals surface area contributed by atoms with Crippen molar-refractivity contribution >= 4 is 27.1 Å². The van der Waals surface area contributed by atoms with Gasteiger partial charge in [-0.15, -0.1) is 0 Å². The summed E-state index contributed by atoms with van der Waals surface area (Å²) in [5.41, 5.74) is 7.91. The van der Waals surface area contributed by atoms with E-state index in [1.807, 2.05) is 0 Å². The second-order valence-corrected chi connectivity index (χ2v) is 9.45. The maximum absolute atomic E-state index is 12.8. The number of fused-ring (bicyclic) bond motifs is 1. The van der Waals surface area contributed by atoms with Crippen LogP contribution >= 0.6 is 0 Å². The number of aryl methyl sites for hydroxylation is 2. The molecule has 0 fully saturated rings. The molecule has 1 aromatic heterocycles. The molecule has 0 saturated carbocycles. The number of amides is 1. The molecular formula is C22H25N3O6S. The highest BCUT2D eigenvalue weighted by Gasteiger charge is 2.22. The lowest BCUT2D eigenvalue weighted by Crippen LogP contribution is -2.25. The van der Waals surface area contributed by atoms with Crippen molar-refractivity contribution < 1.29 is 22.4 Å². The van der Waals surface area contributed by atoms with Crippen molar-refractivity contribution in [3.63, 3.8) is 0 Å². The number of rotatable bonds is 5. The topological polar surface area (TPSA) is 132 Å². The summed E-state index contributed by atoms with van der Waals surface area (Å²) in [7, 11) is 0.772. The maximum Gasteiger partial charge on any atom is 0.414 e. The third-order valence-corrected chi connectivity index (χ3v) is 6.59. The molecule has 0 aliphatic heterocycles. The van der Waals surface area contributed by atoms with Crippen LogP contribution in [0.5, 0.6) is 5.75 Å². The molecule has 9 nitrogen and oxygen atoms in total. The molecule has 1 amide bonds. The Balaban J connectivity index is 2.12. The maximum atomic E-state index is 12.8. The number of ether oxygens (including phenoxy) is 1. The Kier molecular flexibility index (Phi) is 6.40. The summed E-state index contributed by atoms with van der Waals surface area (Å²) in [4.78, 5) is 26.1. The molecule has 0 spiro atoms. The van der Waals surface area contributed by atoms with Crippen molar-refractivity contribution in [3.05, 3.63) is 69.1 Å². The van der Waals surface area contributed by atoms with Gasteiger partial charge in [0.15, 0.2) is 0 Å². The van der Waals surface area contributed by atoms with Crippen LogP contribution in [0, 0.1) is 13.8 Å². The van der Waals surface area contributed by atoms with E-state index in [-0.39, 0.29) is 21.8 Å². The molecule has 1 heterocycles. The Hall–Kier alpha value is -3.21. The summed E-state index contributed by atoms with van der Waals surface area (Å²) in [6, 6.07) is 8.42. The van der Waals surface area contributed by atoms with E-state index in [4.69, 9.17) is 14.9 Å². The Morgan fingerprint density at radius 2 is 1.88 bits per heavy atom. The Labute approximate surface area is 185 Å². The lowest BCUT2D eigenvalue weighted by molar-refractivity contribution is 0.171. The van der Waals surface area contributed by atoms with Crippen molar-refractivity contribution in [2.75, 3.05) is 21.1 Å². The molecule has 0 aliphatic rings. The Bertz CT molecular complexity index is 1360. The minimum Gasteiger partial charge on any atom is -0.422 e. The molecular weight excluding hydrogens is 434 g/mol. The number of sulfonamides is 1. The second kappa shape index (κ2) is 8.73. The molecule has 0 aliphatic carbocycles. The van der Waals surface area contributed by atoms with E-state index in [9.17, 15) is 18.0 Å². The molecule has 0 radical (unpaired) electrons. The quantitative estimate of drug-likeness (QED) is 0.560. The lowest BCUT2D eigenvalue weighted by Gasteiger charge is -2.17. The van der Waals surface area contributed by atoms with E-state index in [0.717, 1.165) is 0 Å². The summed E-state index contributed by atoms with van der Waals surface area (Å²) >= 11 is 0. The summed E-state index contributed by atoms with van der Waals surface area (Å²) in [5, 5.41) is 0.635. The number of nitrogens with two attached hydrogens (primary N) is 1. The second-order valence-electron chi connectivity index (χ2n) is 7.56. The summed E-state index contributed by atoms with van der Waals surface area (Å²) in [6.07, 6.45) is -0.554. The van der Waals surface area contributed by atoms with Crippen LogP contribution in [0.1, 0.15) is 28.3 Å². The van der Waals surface area contributed by atoms with E-state index in [1.54, 1.807) is 46.1 Å². The standard InChI is InChI=1S/C22H25N3O6S/c1-12-9-16-13(2)19(20(23)14-7-6-8-15(10-14)32(28,29)24-3)21(26)30-18(16)11-17(12)31-22(27)25(4)5/h6-11,20,24H,23H2,1-5H3. The van der Waals surface area contributed by atoms with Crippen LogP contribution in [0.25, 0.3) is 11.0 Å². The number of hydrogen-bond acceptors (Lipinski definition) is 7. The SMILES string of the molecule is CNS(=O)(=O)c1cccc(C(N)c2c(C)c3cc(C)c(OC(=O)N(C)C)cc3oc2=O)c1. The molecule has 1 unspecified atom stereocenters. The van der Waals surface area contributed by atoms with Crippen LogP contribution in [-0.2, 0) is 10.0 Å². The first kappa shape index (κ1) is 23.5. The van der Waals surface area contributed by atoms with E-state index >= 15 is 0 Å². The zero-order chi connectivity index (χ0) is 23.8. The summed E-state index contributed by atoms with van der Waals surface area (Å²) in [5.74, 6) is 0.278. The summed E-state index contributed by atoms with van der Waals surface area (Å²) in [6.45, 7) is 3.52. The monoisotopic (exact) mass is 459 g/mol. The van der Waals surface area contributed by atoms with Gasteiger partial charge >= 0.3 is 11.7 Å². The lowest BCUT2D eigenvalue weighted by atomic mass is 9.95. The zero-order valence-electron chi connectivity index (χ0n) is 18.4. The molecule has 1 atom stereocenters. The summed E-state index contributed by atoms with van der Waals surface area (Å²) < 4.78 is 37.4. The average molecular weight is 460 g/mol. The third kappa shape index (κ3) is 4.38. The first-order chi connectivity index (χ1) is 15.0. The molecule has 32 heavy (non-hydrogen) atoms. The van der Waals surface area contributed by atoms with Crippen molar-refractivity contribution in [3.8, 4) is 5.75 Å². The van der Waals surface area contributed by atoms with Gasteiger partial charge in [0.05, 0.1) is 16.5 Å². The first-order valence-electron chi connectivity index (χ1n) is 9.72. The smallest absolute Gasteiger partial charge is 0.414 e. The van der Waals surface area contributed by atoms with Gasteiger partial charge in [-0.25, -0.2) is 22.7 Å². The number of nitrogens with one attached hydrogen (secondary N) is 1. The first-order valence-corrected chi connectivity index (χ1v) is 11.2. The molecule has 0 saturated heterocycles. The number of nitrogens with zero attached hydrogens (tertiary/aromatic N) is 1. The van der Waals surface area contributed by atoms with Gasteiger partial charge < -0.3 is 19.8 Å². The fourth-order valence-corrected chi connectivity index (χ4v) is 4.10. The predicted octanol–water partition coefficient (Wildman–Crippen LogP) is 2.43. The van der Waals surface area contributed by atoms with Crippen LogP contribution in [0.2, 0.25) is 0 Å². The van der Waals surface area contributed by atoms with Gasteiger partial charge in [0.2, 0.25) is 10.0 Å². The van der Waals surface area contributed by atoms with Crippen LogP contribution in [-0.4, -0.2) is 40.6 Å². The molecule has 10 heteroatoms. The normalized spacial score (nSPS) is 12.6. The van der Waals surface area contributed by atoms with Crippen LogP contribution in [0.4, 0.5) is 4.79 Å². The predicted molar refractivity (Wildman–Crippen MR) is 120 cm³/mol. The highest BCUT2D eigenvalue weighted by molar-refractivity contribution is 7.89. The molecule has 3 rings (SSSR count). The van der Waals surface area contributed by atoms with Crippen LogP contribution in [0.15, 0.2) is 50.5 Å². The van der Waals surface area contributed by atoms with E-state index in [0.29, 0.717) is 22.1 Å². The Morgan fingerprint density at radius 3 is 2.50 bits per heavy atom. The van der Waals surface area contributed by atoms with Crippen LogP contribution < -0.4 is 20.8 Å². The van der Waals surface area contributed by atoms with Gasteiger partial charge in [-0.3, -0.25) is 0 Å². The van der Waals surface area contributed by atoms with Crippen molar-refractivity contribution in [2.45, 2.75) is 24.8 Å². The highest BCUT2D eigenvalue weighted by atomic mass is 32.2. The molecule has 3 N–H and O–H groups in total. The largest absolute Gasteiger partial charge is 0.422 e. The molecule has 170 valence electrons. The Morgan fingerprint density at radius 1 is 1.19 bits per heavy atom. The zero-order valence-corrected chi connectivity index (χ0v) is 19.2. The van der Waals surface area contributed by atoms with Crippen molar-refractivity contribution in [1.29, 1.82) is 0 Å². The third-order valence-electron chi connectivity index (χ3n) is 5.18. The van der Waals surface area contributed by atoms with Crippen molar-refractivity contribution in [2.24, 2.45) is 5.73 Å². The fraction of sp³-hybridized carbons (Fsp3) is 0.273. The van der Waals surface area contributed by atoms with Crippen molar-refractivity contribution in [1.82, 2.24) is 9.62 Å². The number of carbonyl (C=O) groups is 1. The molecule has 3 aromatic rings. The van der Waals surface area contributed by atoms with Gasteiger partial charge in [0.1, 0.15) is 11.3 Å². The van der Waals surface area contributed by atoms with Gasteiger partial charge in [-0.2, -0.15) is 0 Å². The number of benzene rings is 2. The van der Waals surface area contributed by atoms with E-state index in [1.165, 1.54) is 30.1 Å². The van der Waals surface area contributed by atoms with Crippen LogP contribution in [0.3, 0.4) is 0 Å². The minimum absolute atomic E-state index is 0.0407. The van der Waals surface area contributed by atoms with Gasteiger partial charge in [0, 0.05) is 25.5 Å². The fourth-order valence-electron chi connectivity index (χ4n) is 3.32. The van der Waals surface area contributed by atoms with Gasteiger partial charge in [-0.05, 0) is 55.8 Å². The van der Waals surface area contributed by atoms with Gasteiger partial charge in [-0.1, -0.05) is 12.1 Å². The minimum atomic E-state index is -3.67. The van der Waals surface area contributed by atoms with Gasteiger partial charge in [0.25, 0.3) is 0 Å². The molecule has 0 bridgehead atoms. The highest BCUT2D eigenvalue weighted by Crippen LogP contribution is 2.31.